The van der Waals surface area contributed by atoms with Crippen molar-refractivity contribution in [3.63, 3.8) is 0 Å². The summed E-state index contributed by atoms with van der Waals surface area (Å²) in [5, 5.41) is 5.60. The Balaban J connectivity index is 1.77. The lowest BCUT2D eigenvalue weighted by Crippen LogP contribution is -2.36. The Bertz CT molecular complexity index is 837. The van der Waals surface area contributed by atoms with Crippen molar-refractivity contribution in [1.82, 2.24) is 0 Å². The van der Waals surface area contributed by atoms with Gasteiger partial charge in [0.05, 0.1) is 18.5 Å². The van der Waals surface area contributed by atoms with Gasteiger partial charge >= 0.3 is 0 Å². The molecule has 2 aromatic carbocycles. The predicted octanol–water partition coefficient (Wildman–Crippen LogP) is 3.85. The van der Waals surface area contributed by atoms with Crippen LogP contribution in [0.4, 0.5) is 15.8 Å². The highest BCUT2D eigenvalue weighted by Gasteiger charge is 2.56. The maximum Gasteiger partial charge on any atom is 0.240 e. The molecule has 25 heavy (non-hydrogen) atoms. The number of ether oxygens (including phenoxy) is 1. The van der Waals surface area contributed by atoms with E-state index in [-0.39, 0.29) is 5.69 Å². The van der Waals surface area contributed by atoms with Gasteiger partial charge in [0.15, 0.2) is 0 Å². The van der Waals surface area contributed by atoms with Gasteiger partial charge in [0.2, 0.25) is 11.8 Å². The maximum absolute atomic E-state index is 13.7. The van der Waals surface area contributed by atoms with Gasteiger partial charge in [0.1, 0.15) is 17.0 Å². The summed E-state index contributed by atoms with van der Waals surface area (Å²) in [6.07, 6.45) is 0.782. The zero-order valence-electron chi connectivity index (χ0n) is 13.4. The highest BCUT2D eigenvalue weighted by atomic mass is 35.5. The van der Waals surface area contributed by atoms with Crippen molar-refractivity contribution in [3.05, 3.63) is 53.3 Å². The molecule has 1 aliphatic carbocycles. The molecular formula is C18H16ClFN2O3. The van der Waals surface area contributed by atoms with E-state index in [0.717, 1.165) is 0 Å². The summed E-state index contributed by atoms with van der Waals surface area (Å²) < 4.78 is 18.9. The Hall–Kier alpha value is -2.60. The summed E-state index contributed by atoms with van der Waals surface area (Å²) in [5.74, 6) is -1.12. The summed E-state index contributed by atoms with van der Waals surface area (Å²) in [5.41, 5.74) is -0.785. The van der Waals surface area contributed by atoms with E-state index in [9.17, 15) is 14.0 Å². The topological polar surface area (TPSA) is 67.4 Å². The Kier molecular flexibility index (Phi) is 4.63. The first kappa shape index (κ1) is 17.2. The highest BCUT2D eigenvalue weighted by molar-refractivity contribution is 6.31. The number of para-hydroxylation sites is 1. The average Bonchev–Trinajstić information content (AvgIpc) is 3.39. The van der Waals surface area contributed by atoms with Crippen LogP contribution in [0.3, 0.4) is 0 Å². The van der Waals surface area contributed by atoms with Gasteiger partial charge in [-0.05, 0) is 43.2 Å². The van der Waals surface area contributed by atoms with E-state index >= 15 is 0 Å². The number of carbonyl (C=O) groups excluding carboxylic acids is 2. The van der Waals surface area contributed by atoms with Gasteiger partial charge in [-0.2, -0.15) is 0 Å². The fraction of sp³-hybridized carbons (Fsp3) is 0.222. The molecule has 0 aromatic heterocycles. The first-order chi connectivity index (χ1) is 12.0. The lowest BCUT2D eigenvalue weighted by molar-refractivity contribution is -0.131. The molecule has 0 spiro atoms. The molecule has 0 atom stereocenters. The van der Waals surface area contributed by atoms with Gasteiger partial charge in [-0.15, -0.1) is 0 Å². The van der Waals surface area contributed by atoms with Crippen molar-refractivity contribution in [1.29, 1.82) is 0 Å². The number of nitrogens with one attached hydrogen (secondary N) is 2. The first-order valence-corrected chi connectivity index (χ1v) is 8.05. The van der Waals surface area contributed by atoms with E-state index < -0.39 is 23.0 Å². The molecule has 3 rings (SSSR count). The van der Waals surface area contributed by atoms with Crippen molar-refractivity contribution in [2.45, 2.75) is 12.8 Å². The molecule has 5 nitrogen and oxygen atoms in total. The Labute approximate surface area is 149 Å². The van der Waals surface area contributed by atoms with E-state index in [4.69, 9.17) is 16.3 Å². The Morgan fingerprint density at radius 3 is 2.32 bits per heavy atom. The quantitative estimate of drug-likeness (QED) is 0.794. The van der Waals surface area contributed by atoms with E-state index in [1.54, 1.807) is 24.3 Å². The zero-order chi connectivity index (χ0) is 18.0. The van der Waals surface area contributed by atoms with E-state index in [1.807, 2.05) is 0 Å². The number of methoxy groups -OCH3 is 1. The number of benzene rings is 2. The monoisotopic (exact) mass is 362 g/mol. The van der Waals surface area contributed by atoms with Crippen LogP contribution < -0.4 is 15.4 Å². The normalized spacial score (nSPS) is 14.5. The lowest BCUT2D eigenvalue weighted by Gasteiger charge is -2.17. The summed E-state index contributed by atoms with van der Waals surface area (Å²) >= 11 is 5.95. The third-order valence-electron chi connectivity index (χ3n) is 4.15. The second-order valence-corrected chi connectivity index (χ2v) is 6.25. The minimum atomic E-state index is -1.21. The Morgan fingerprint density at radius 1 is 1.08 bits per heavy atom. The van der Waals surface area contributed by atoms with Crippen molar-refractivity contribution in [2.24, 2.45) is 5.41 Å². The third kappa shape index (κ3) is 3.44. The summed E-state index contributed by atoms with van der Waals surface area (Å²) in [6.45, 7) is 0. The van der Waals surface area contributed by atoms with E-state index in [2.05, 4.69) is 10.6 Å². The van der Waals surface area contributed by atoms with Crippen LogP contribution in [-0.2, 0) is 9.59 Å². The summed E-state index contributed by atoms with van der Waals surface area (Å²) in [4.78, 5) is 25.1. The van der Waals surface area contributed by atoms with Gasteiger partial charge in [-0.1, -0.05) is 23.7 Å². The fourth-order valence-corrected chi connectivity index (χ4v) is 2.68. The second-order valence-electron chi connectivity index (χ2n) is 5.81. The fourth-order valence-electron chi connectivity index (χ4n) is 2.51. The van der Waals surface area contributed by atoms with Gasteiger partial charge in [0, 0.05) is 5.02 Å². The number of rotatable bonds is 5. The minimum Gasteiger partial charge on any atom is -0.495 e. The average molecular weight is 363 g/mol. The molecule has 0 heterocycles. The van der Waals surface area contributed by atoms with Crippen LogP contribution in [0.15, 0.2) is 42.5 Å². The van der Waals surface area contributed by atoms with Gasteiger partial charge in [-0.25, -0.2) is 4.39 Å². The molecular weight excluding hydrogens is 347 g/mol. The smallest absolute Gasteiger partial charge is 0.240 e. The molecule has 2 N–H and O–H groups in total. The molecule has 7 heteroatoms. The van der Waals surface area contributed by atoms with Crippen molar-refractivity contribution >= 4 is 34.8 Å². The number of halogens is 2. The van der Waals surface area contributed by atoms with Crippen molar-refractivity contribution < 1.29 is 18.7 Å². The maximum atomic E-state index is 13.7. The molecule has 0 saturated heterocycles. The summed E-state index contributed by atoms with van der Waals surface area (Å²) in [7, 11) is 1.47. The number of carbonyl (C=O) groups is 2. The van der Waals surface area contributed by atoms with Crippen LogP contribution in [0.2, 0.25) is 5.02 Å². The number of hydrogen-bond acceptors (Lipinski definition) is 3. The van der Waals surface area contributed by atoms with Crippen LogP contribution in [-0.4, -0.2) is 18.9 Å². The van der Waals surface area contributed by atoms with Gasteiger partial charge < -0.3 is 15.4 Å². The Morgan fingerprint density at radius 2 is 1.72 bits per heavy atom. The van der Waals surface area contributed by atoms with Gasteiger partial charge in [-0.3, -0.25) is 9.59 Å². The van der Waals surface area contributed by atoms with Crippen LogP contribution in [0.5, 0.6) is 5.75 Å². The molecule has 0 unspecified atom stereocenters. The largest absolute Gasteiger partial charge is 0.495 e. The van der Waals surface area contributed by atoms with E-state index in [0.29, 0.717) is 29.3 Å². The summed E-state index contributed by atoms with van der Waals surface area (Å²) in [6, 6.07) is 10.6. The zero-order valence-corrected chi connectivity index (χ0v) is 14.2. The van der Waals surface area contributed by atoms with Gasteiger partial charge in [0.25, 0.3) is 0 Å². The molecule has 0 radical (unpaired) electrons. The molecule has 1 fully saturated rings. The number of amides is 2. The van der Waals surface area contributed by atoms with Crippen molar-refractivity contribution in [2.75, 3.05) is 17.7 Å². The van der Waals surface area contributed by atoms with E-state index in [1.165, 1.54) is 25.3 Å². The molecule has 1 saturated carbocycles. The molecule has 0 bridgehead atoms. The number of hydrogen-bond donors (Lipinski definition) is 2. The second kappa shape index (κ2) is 6.72. The van der Waals surface area contributed by atoms with Crippen LogP contribution in [0.1, 0.15) is 12.8 Å². The van der Waals surface area contributed by atoms with Crippen molar-refractivity contribution in [3.8, 4) is 5.75 Å². The molecule has 2 amide bonds. The first-order valence-electron chi connectivity index (χ1n) is 7.67. The molecule has 130 valence electrons. The molecule has 0 aliphatic heterocycles. The predicted molar refractivity (Wildman–Crippen MR) is 93.3 cm³/mol. The lowest BCUT2D eigenvalue weighted by atomic mass is 10.0. The number of anilines is 2. The SMILES string of the molecule is COc1ccc(Cl)cc1NC(=O)C1(C(=O)Nc2ccccc2F)CC1. The van der Waals surface area contributed by atoms with Crippen LogP contribution in [0.25, 0.3) is 0 Å². The molecule has 2 aromatic rings. The van der Waals surface area contributed by atoms with Crippen LogP contribution >= 0.6 is 11.6 Å². The highest BCUT2D eigenvalue weighted by Crippen LogP contribution is 2.48. The minimum absolute atomic E-state index is 0.0481. The molecule has 1 aliphatic rings. The standard InChI is InChI=1S/C18H16ClFN2O3/c1-25-15-7-6-11(19)10-14(15)22-17(24)18(8-9-18)16(23)21-13-5-3-2-4-12(13)20/h2-7,10H,8-9H2,1H3,(H,21,23)(H,22,24). The van der Waals surface area contributed by atoms with Crippen LogP contribution in [0, 0.1) is 11.2 Å². The third-order valence-corrected chi connectivity index (χ3v) is 4.39.